The van der Waals surface area contributed by atoms with Crippen molar-refractivity contribution in [1.29, 1.82) is 0 Å². The molecule has 0 aliphatic heterocycles. The van der Waals surface area contributed by atoms with Gasteiger partial charge < -0.3 is 11.1 Å². The SMILES string of the molecule is CC(=O)NCC(C)c1ccc(N)c(F)c1. The molecular weight excluding hydrogens is 195 g/mol. The van der Waals surface area contributed by atoms with Crippen LogP contribution in [0.3, 0.4) is 0 Å². The van der Waals surface area contributed by atoms with Gasteiger partial charge in [0, 0.05) is 13.5 Å². The number of rotatable bonds is 3. The molecule has 82 valence electrons. The Balaban J connectivity index is 2.69. The first kappa shape index (κ1) is 11.5. The highest BCUT2D eigenvalue weighted by Crippen LogP contribution is 2.19. The molecule has 0 heterocycles. The largest absolute Gasteiger partial charge is 0.396 e. The van der Waals surface area contributed by atoms with Crippen LogP contribution in [0, 0.1) is 5.82 Å². The molecule has 3 N–H and O–H groups in total. The summed E-state index contributed by atoms with van der Waals surface area (Å²) in [6.07, 6.45) is 0. The van der Waals surface area contributed by atoms with Crippen LogP contribution in [-0.4, -0.2) is 12.5 Å². The Morgan fingerprint density at radius 2 is 2.27 bits per heavy atom. The van der Waals surface area contributed by atoms with Gasteiger partial charge in [-0.1, -0.05) is 13.0 Å². The van der Waals surface area contributed by atoms with Gasteiger partial charge >= 0.3 is 0 Å². The fourth-order valence-electron chi connectivity index (χ4n) is 1.26. The van der Waals surface area contributed by atoms with Crippen LogP contribution in [0.25, 0.3) is 0 Å². The molecule has 0 bridgehead atoms. The fraction of sp³-hybridized carbons (Fsp3) is 0.364. The van der Waals surface area contributed by atoms with E-state index in [9.17, 15) is 9.18 Å². The summed E-state index contributed by atoms with van der Waals surface area (Å²) >= 11 is 0. The molecule has 1 amide bonds. The number of nitrogen functional groups attached to an aromatic ring is 1. The van der Waals surface area contributed by atoms with Crippen molar-refractivity contribution in [3.8, 4) is 0 Å². The van der Waals surface area contributed by atoms with Crippen molar-refractivity contribution in [1.82, 2.24) is 5.32 Å². The van der Waals surface area contributed by atoms with Crippen molar-refractivity contribution in [2.75, 3.05) is 12.3 Å². The predicted octanol–water partition coefficient (Wildman–Crippen LogP) is 1.65. The van der Waals surface area contributed by atoms with Crippen LogP contribution in [0.5, 0.6) is 0 Å². The van der Waals surface area contributed by atoms with Crippen LogP contribution in [0.2, 0.25) is 0 Å². The molecule has 1 aromatic rings. The second-order valence-electron chi connectivity index (χ2n) is 3.62. The third-order valence-corrected chi connectivity index (χ3v) is 2.25. The zero-order valence-corrected chi connectivity index (χ0v) is 8.88. The van der Waals surface area contributed by atoms with Crippen LogP contribution in [0.4, 0.5) is 10.1 Å². The highest BCUT2D eigenvalue weighted by atomic mass is 19.1. The van der Waals surface area contributed by atoms with Gasteiger partial charge in [0.15, 0.2) is 0 Å². The van der Waals surface area contributed by atoms with Gasteiger partial charge in [0.05, 0.1) is 5.69 Å². The number of nitrogens with one attached hydrogen (secondary N) is 1. The second-order valence-corrected chi connectivity index (χ2v) is 3.62. The standard InChI is InChI=1S/C11H15FN2O/c1-7(6-14-8(2)15)9-3-4-11(13)10(12)5-9/h3-5,7H,6,13H2,1-2H3,(H,14,15). The molecule has 1 unspecified atom stereocenters. The second kappa shape index (κ2) is 4.77. The average Bonchev–Trinajstić information content (AvgIpc) is 2.18. The van der Waals surface area contributed by atoms with E-state index in [0.717, 1.165) is 5.56 Å². The summed E-state index contributed by atoms with van der Waals surface area (Å²) in [6.45, 7) is 3.87. The summed E-state index contributed by atoms with van der Waals surface area (Å²) in [5.74, 6) is -0.427. The van der Waals surface area contributed by atoms with Gasteiger partial charge in [-0.15, -0.1) is 0 Å². The zero-order valence-electron chi connectivity index (χ0n) is 8.88. The van der Waals surface area contributed by atoms with Crippen molar-refractivity contribution in [3.05, 3.63) is 29.6 Å². The molecule has 1 atom stereocenters. The molecule has 1 aromatic carbocycles. The van der Waals surface area contributed by atoms with Crippen LogP contribution in [0.1, 0.15) is 25.3 Å². The van der Waals surface area contributed by atoms with E-state index in [1.54, 1.807) is 6.07 Å². The van der Waals surface area contributed by atoms with Crippen LogP contribution in [-0.2, 0) is 4.79 Å². The van der Waals surface area contributed by atoms with E-state index < -0.39 is 5.82 Å². The lowest BCUT2D eigenvalue weighted by atomic mass is 10.0. The molecule has 0 aliphatic carbocycles. The number of hydrogen-bond donors (Lipinski definition) is 2. The summed E-state index contributed by atoms with van der Waals surface area (Å²) in [4.78, 5) is 10.7. The van der Waals surface area contributed by atoms with E-state index in [0.29, 0.717) is 6.54 Å². The lowest BCUT2D eigenvalue weighted by Gasteiger charge is -2.12. The van der Waals surface area contributed by atoms with E-state index in [1.165, 1.54) is 19.1 Å². The Labute approximate surface area is 88.5 Å². The molecule has 1 rings (SSSR count). The van der Waals surface area contributed by atoms with Gasteiger partial charge in [0.2, 0.25) is 5.91 Å². The summed E-state index contributed by atoms with van der Waals surface area (Å²) in [7, 11) is 0. The smallest absolute Gasteiger partial charge is 0.216 e. The molecule has 0 fully saturated rings. The molecule has 0 aliphatic rings. The minimum Gasteiger partial charge on any atom is -0.396 e. The van der Waals surface area contributed by atoms with Crippen LogP contribution >= 0.6 is 0 Å². The molecule has 0 aromatic heterocycles. The Kier molecular flexibility index (Phi) is 3.66. The number of benzene rings is 1. The van der Waals surface area contributed by atoms with Crippen LogP contribution in [0.15, 0.2) is 18.2 Å². The molecule has 0 saturated heterocycles. The highest BCUT2D eigenvalue weighted by molar-refractivity contribution is 5.72. The normalized spacial score (nSPS) is 12.2. The molecule has 3 nitrogen and oxygen atoms in total. The lowest BCUT2D eigenvalue weighted by Crippen LogP contribution is -2.24. The third-order valence-electron chi connectivity index (χ3n) is 2.25. The summed E-state index contributed by atoms with van der Waals surface area (Å²) in [6, 6.07) is 4.71. The van der Waals surface area contributed by atoms with E-state index in [2.05, 4.69) is 5.32 Å². The predicted molar refractivity (Wildman–Crippen MR) is 57.9 cm³/mol. The fourth-order valence-corrected chi connectivity index (χ4v) is 1.26. The van der Waals surface area contributed by atoms with Crippen molar-refractivity contribution in [2.45, 2.75) is 19.8 Å². The number of hydrogen-bond acceptors (Lipinski definition) is 2. The van der Waals surface area contributed by atoms with Crippen molar-refractivity contribution in [2.24, 2.45) is 0 Å². The Morgan fingerprint density at radius 1 is 1.60 bits per heavy atom. The lowest BCUT2D eigenvalue weighted by molar-refractivity contribution is -0.119. The average molecular weight is 210 g/mol. The zero-order chi connectivity index (χ0) is 11.4. The number of anilines is 1. The Bertz CT molecular complexity index is 366. The van der Waals surface area contributed by atoms with Crippen molar-refractivity contribution < 1.29 is 9.18 Å². The number of halogens is 1. The van der Waals surface area contributed by atoms with Gasteiger partial charge in [-0.2, -0.15) is 0 Å². The van der Waals surface area contributed by atoms with Gasteiger partial charge in [0.25, 0.3) is 0 Å². The molecule has 15 heavy (non-hydrogen) atoms. The molecule has 4 heteroatoms. The maximum atomic E-state index is 13.1. The first-order valence-electron chi connectivity index (χ1n) is 4.80. The molecule has 0 radical (unpaired) electrons. The summed E-state index contributed by atoms with van der Waals surface area (Å²) in [5.41, 5.74) is 6.34. The van der Waals surface area contributed by atoms with Gasteiger partial charge in [0.1, 0.15) is 5.82 Å². The minimum atomic E-state index is -0.415. The number of nitrogens with two attached hydrogens (primary N) is 1. The van der Waals surface area contributed by atoms with Gasteiger partial charge in [-0.25, -0.2) is 4.39 Å². The molecular formula is C11H15FN2O. The van der Waals surface area contributed by atoms with Crippen molar-refractivity contribution >= 4 is 11.6 Å². The molecule has 0 saturated carbocycles. The first-order chi connectivity index (χ1) is 7.00. The van der Waals surface area contributed by atoms with Crippen LogP contribution < -0.4 is 11.1 Å². The first-order valence-corrected chi connectivity index (χ1v) is 4.80. The number of carbonyl (C=O) groups excluding carboxylic acids is 1. The number of carbonyl (C=O) groups is 1. The quantitative estimate of drug-likeness (QED) is 0.745. The van der Waals surface area contributed by atoms with E-state index in [-0.39, 0.29) is 17.5 Å². The third kappa shape index (κ3) is 3.23. The van der Waals surface area contributed by atoms with Crippen molar-refractivity contribution in [3.63, 3.8) is 0 Å². The van der Waals surface area contributed by atoms with Gasteiger partial charge in [-0.3, -0.25) is 4.79 Å². The topological polar surface area (TPSA) is 55.1 Å². The maximum Gasteiger partial charge on any atom is 0.216 e. The van der Waals surface area contributed by atoms with E-state index in [4.69, 9.17) is 5.73 Å². The van der Waals surface area contributed by atoms with Gasteiger partial charge in [-0.05, 0) is 23.6 Å². The number of amides is 1. The summed E-state index contributed by atoms with van der Waals surface area (Å²) in [5, 5.41) is 2.69. The van der Waals surface area contributed by atoms with E-state index in [1.807, 2.05) is 6.92 Å². The monoisotopic (exact) mass is 210 g/mol. The highest BCUT2D eigenvalue weighted by Gasteiger charge is 2.08. The van der Waals surface area contributed by atoms with E-state index >= 15 is 0 Å². The maximum absolute atomic E-state index is 13.1. The minimum absolute atomic E-state index is 0.0731. The summed E-state index contributed by atoms with van der Waals surface area (Å²) < 4.78 is 13.1. The molecule has 0 spiro atoms. The Hall–Kier alpha value is -1.58. The Morgan fingerprint density at radius 3 is 2.80 bits per heavy atom.